The number of aromatic carboxylic acids is 1. The third kappa shape index (κ3) is 5.91. The van der Waals surface area contributed by atoms with Crippen LogP contribution in [0.25, 0.3) is 11.1 Å². The van der Waals surface area contributed by atoms with Gasteiger partial charge < -0.3 is 10.2 Å². The molecule has 0 bridgehead atoms. The van der Waals surface area contributed by atoms with Crippen LogP contribution in [0, 0.1) is 0 Å². The maximum atomic E-state index is 11.4. The van der Waals surface area contributed by atoms with E-state index in [0.717, 1.165) is 11.1 Å². The molecule has 0 saturated carbocycles. The van der Waals surface area contributed by atoms with Crippen LogP contribution in [-0.2, 0) is 0 Å². The molecule has 3 nitrogen and oxygen atoms in total. The van der Waals surface area contributed by atoms with Gasteiger partial charge in [0.1, 0.15) is 0 Å². The van der Waals surface area contributed by atoms with Gasteiger partial charge in [-0.25, -0.2) is 4.79 Å². The summed E-state index contributed by atoms with van der Waals surface area (Å²) in [6, 6.07) is 25.1. The second-order valence-electron chi connectivity index (χ2n) is 4.53. The summed E-state index contributed by atoms with van der Waals surface area (Å²) in [6.45, 7) is 0. The summed E-state index contributed by atoms with van der Waals surface area (Å²) >= 11 is 0. The van der Waals surface area contributed by atoms with E-state index in [4.69, 9.17) is 5.11 Å². The summed E-state index contributed by atoms with van der Waals surface area (Å²) in [5, 5.41) is 19.8. The van der Waals surface area contributed by atoms with Crippen LogP contribution in [0.2, 0.25) is 0 Å². The van der Waals surface area contributed by atoms with Gasteiger partial charge in [0, 0.05) is 0 Å². The number of para-hydroxylation sites is 1. The first-order chi connectivity index (χ1) is 10.7. The van der Waals surface area contributed by atoms with Gasteiger partial charge in [-0.1, -0.05) is 72.8 Å². The molecule has 0 radical (unpaired) electrons. The molecule has 0 aliphatic carbocycles. The second kappa shape index (κ2) is 9.85. The molecule has 0 amide bonds. The van der Waals surface area contributed by atoms with Crippen molar-refractivity contribution < 1.29 is 44.6 Å². The van der Waals surface area contributed by atoms with Crippen LogP contribution in [0.15, 0.2) is 84.9 Å². The van der Waals surface area contributed by atoms with Gasteiger partial charge >= 0.3 is 35.5 Å². The maximum Gasteiger partial charge on any atom is 1.00 e. The van der Waals surface area contributed by atoms with E-state index in [0.29, 0.717) is 5.56 Å². The molecule has 1 N–H and O–H groups in total. The van der Waals surface area contributed by atoms with E-state index in [9.17, 15) is 9.90 Å². The molecule has 3 aromatic rings. The fourth-order valence-corrected chi connectivity index (χ4v) is 1.90. The van der Waals surface area contributed by atoms with E-state index in [1.54, 1.807) is 42.5 Å². The van der Waals surface area contributed by atoms with E-state index < -0.39 is 5.97 Å². The summed E-state index contributed by atoms with van der Waals surface area (Å²) in [7, 11) is 0. The standard InChI is InChI=1S/C12H10O.C7H6O2.Na/c13-12-9-5-4-8-11(12)10-6-2-1-3-7-10;8-7(9)6-4-2-1-3-5-6;/h1-9,13H;1-5H,(H,8,9);/q;;+1/p-1. The van der Waals surface area contributed by atoms with Gasteiger partial charge in [-0.05, 0) is 23.3 Å². The summed E-state index contributed by atoms with van der Waals surface area (Å²) in [6.07, 6.45) is 0. The molecule has 3 aromatic carbocycles. The normalized spacial score (nSPS) is 9.04. The predicted molar refractivity (Wildman–Crippen MR) is 84.7 cm³/mol. The predicted octanol–water partition coefficient (Wildman–Crippen LogP) is 0.816. The van der Waals surface area contributed by atoms with E-state index in [1.165, 1.54) is 0 Å². The van der Waals surface area contributed by atoms with Crippen molar-refractivity contribution in [3.63, 3.8) is 0 Å². The van der Waals surface area contributed by atoms with Crippen LogP contribution in [0.1, 0.15) is 10.4 Å². The molecule has 0 aliphatic heterocycles. The van der Waals surface area contributed by atoms with Crippen molar-refractivity contribution in [3.05, 3.63) is 90.5 Å². The topological polar surface area (TPSA) is 60.4 Å². The zero-order valence-electron chi connectivity index (χ0n) is 12.8. The molecule has 4 heteroatoms. The molecule has 0 atom stereocenters. The first-order valence-electron chi connectivity index (χ1n) is 6.78. The smallest absolute Gasteiger partial charge is 0.872 e. The van der Waals surface area contributed by atoms with Crippen LogP contribution in [0.4, 0.5) is 0 Å². The molecule has 23 heavy (non-hydrogen) atoms. The third-order valence-electron chi connectivity index (χ3n) is 2.99. The Hall–Kier alpha value is -2.07. The van der Waals surface area contributed by atoms with E-state index in [-0.39, 0.29) is 35.3 Å². The molecule has 0 aromatic heterocycles. The van der Waals surface area contributed by atoms with Crippen molar-refractivity contribution in [2.75, 3.05) is 0 Å². The minimum absolute atomic E-state index is 0. The fraction of sp³-hybridized carbons (Fsp3) is 0. The maximum absolute atomic E-state index is 11.4. The fourth-order valence-electron chi connectivity index (χ4n) is 1.90. The Morgan fingerprint density at radius 2 is 1.22 bits per heavy atom. The molecule has 0 spiro atoms. The van der Waals surface area contributed by atoms with Crippen molar-refractivity contribution in [2.45, 2.75) is 0 Å². The third-order valence-corrected chi connectivity index (χ3v) is 2.99. The van der Waals surface area contributed by atoms with Crippen molar-refractivity contribution in [2.24, 2.45) is 0 Å². The SMILES string of the molecule is O=C(O)c1ccccc1.[Na+].[O-]c1ccccc1-c1ccccc1. The monoisotopic (exact) mass is 314 g/mol. The van der Waals surface area contributed by atoms with Crippen LogP contribution in [0.5, 0.6) is 5.75 Å². The van der Waals surface area contributed by atoms with Crippen molar-refractivity contribution in [3.8, 4) is 16.9 Å². The average Bonchev–Trinajstić information content (AvgIpc) is 2.57. The molecule has 0 aliphatic rings. The number of rotatable bonds is 2. The molecular formula is C19H15NaO3. The zero-order chi connectivity index (χ0) is 15.8. The summed E-state index contributed by atoms with van der Waals surface area (Å²) < 4.78 is 0. The Bertz CT molecular complexity index is 728. The largest absolute Gasteiger partial charge is 1.00 e. The molecule has 0 saturated heterocycles. The Morgan fingerprint density at radius 3 is 1.70 bits per heavy atom. The summed E-state index contributed by atoms with van der Waals surface area (Å²) in [5.41, 5.74) is 2.08. The van der Waals surface area contributed by atoms with Crippen LogP contribution < -0.4 is 34.7 Å². The Morgan fingerprint density at radius 1 is 0.739 bits per heavy atom. The van der Waals surface area contributed by atoms with Crippen molar-refractivity contribution in [1.29, 1.82) is 0 Å². The molecular weight excluding hydrogens is 299 g/mol. The quantitative estimate of drug-likeness (QED) is 0.712. The van der Waals surface area contributed by atoms with E-state index >= 15 is 0 Å². The molecule has 0 heterocycles. The van der Waals surface area contributed by atoms with Gasteiger partial charge in [-0.2, -0.15) is 0 Å². The summed E-state index contributed by atoms with van der Waals surface area (Å²) in [5.74, 6) is -0.802. The Kier molecular flexibility index (Phi) is 8.13. The number of carboxylic acids is 1. The molecule has 0 fully saturated rings. The van der Waals surface area contributed by atoms with Gasteiger partial charge in [-0.15, -0.1) is 5.75 Å². The number of hydrogen-bond acceptors (Lipinski definition) is 2. The number of hydrogen-bond donors (Lipinski definition) is 1. The van der Waals surface area contributed by atoms with Crippen molar-refractivity contribution >= 4 is 5.97 Å². The first-order valence-corrected chi connectivity index (χ1v) is 6.78. The first kappa shape index (κ1) is 19.0. The number of carbonyl (C=O) groups is 1. The second-order valence-corrected chi connectivity index (χ2v) is 4.53. The van der Waals surface area contributed by atoms with Crippen molar-refractivity contribution in [1.82, 2.24) is 0 Å². The van der Waals surface area contributed by atoms with Crippen LogP contribution in [-0.4, -0.2) is 11.1 Å². The molecule has 0 unspecified atom stereocenters. The Balaban J connectivity index is 0.000000235. The van der Waals surface area contributed by atoms with Gasteiger partial charge in [-0.3, -0.25) is 0 Å². The van der Waals surface area contributed by atoms with Gasteiger partial charge in [0.2, 0.25) is 0 Å². The van der Waals surface area contributed by atoms with Gasteiger partial charge in [0.05, 0.1) is 5.56 Å². The van der Waals surface area contributed by atoms with Crippen LogP contribution >= 0.6 is 0 Å². The Labute approximate surface area is 157 Å². The average molecular weight is 314 g/mol. The summed E-state index contributed by atoms with van der Waals surface area (Å²) in [4.78, 5) is 10.2. The van der Waals surface area contributed by atoms with Crippen LogP contribution in [0.3, 0.4) is 0 Å². The van der Waals surface area contributed by atoms with E-state index in [2.05, 4.69) is 0 Å². The number of carboxylic acid groups (broad SMARTS) is 1. The zero-order valence-corrected chi connectivity index (χ0v) is 14.8. The van der Waals surface area contributed by atoms with E-state index in [1.807, 2.05) is 42.5 Å². The molecule has 110 valence electrons. The minimum Gasteiger partial charge on any atom is -0.872 e. The van der Waals surface area contributed by atoms with Gasteiger partial charge in [0.25, 0.3) is 0 Å². The molecule has 3 rings (SSSR count). The van der Waals surface area contributed by atoms with Gasteiger partial charge in [0.15, 0.2) is 0 Å². The minimum atomic E-state index is -0.879. The number of benzene rings is 3.